The summed E-state index contributed by atoms with van der Waals surface area (Å²) in [4.78, 5) is 14.7. The number of carbonyl (C=O) groups is 1. The predicted octanol–water partition coefficient (Wildman–Crippen LogP) is 2.78. The molecule has 3 rings (SSSR count). The van der Waals surface area contributed by atoms with E-state index in [1.165, 1.54) is 12.8 Å². The molecule has 20 heavy (non-hydrogen) atoms. The van der Waals surface area contributed by atoms with Crippen LogP contribution in [0.4, 0.5) is 0 Å². The number of nitrogens with zero attached hydrogens (tertiary/aromatic N) is 1. The van der Waals surface area contributed by atoms with E-state index in [1.807, 2.05) is 24.0 Å². The first kappa shape index (κ1) is 13.3. The molecule has 0 aromatic heterocycles. The fourth-order valence-electron chi connectivity index (χ4n) is 2.86. The van der Waals surface area contributed by atoms with Gasteiger partial charge in [-0.3, -0.25) is 4.79 Å². The minimum Gasteiger partial charge on any atom is -0.486 e. The van der Waals surface area contributed by atoms with Crippen LogP contribution in [0.1, 0.15) is 41.6 Å². The Morgan fingerprint density at radius 3 is 2.25 bits per heavy atom. The van der Waals surface area contributed by atoms with Crippen LogP contribution in [0.5, 0.6) is 11.5 Å². The van der Waals surface area contributed by atoms with Gasteiger partial charge in [0.05, 0.1) is 0 Å². The third-order valence-electron chi connectivity index (χ3n) is 4.01. The molecule has 1 saturated heterocycles. The monoisotopic (exact) mass is 275 g/mol. The number of benzene rings is 1. The van der Waals surface area contributed by atoms with Gasteiger partial charge in [0.1, 0.15) is 13.2 Å². The molecule has 1 fully saturated rings. The Hall–Kier alpha value is -1.71. The molecular formula is C16H21NO3. The van der Waals surface area contributed by atoms with Crippen LogP contribution in [0, 0.1) is 6.92 Å². The van der Waals surface area contributed by atoms with E-state index in [0.29, 0.717) is 19.0 Å². The Kier molecular flexibility index (Phi) is 3.81. The molecule has 2 aliphatic heterocycles. The van der Waals surface area contributed by atoms with Gasteiger partial charge in [0.2, 0.25) is 0 Å². The van der Waals surface area contributed by atoms with Crippen LogP contribution >= 0.6 is 0 Å². The van der Waals surface area contributed by atoms with Crippen molar-refractivity contribution >= 4 is 5.91 Å². The topological polar surface area (TPSA) is 38.8 Å². The van der Waals surface area contributed by atoms with Crippen molar-refractivity contribution in [2.75, 3.05) is 26.3 Å². The lowest BCUT2D eigenvalue weighted by Crippen LogP contribution is -2.32. The summed E-state index contributed by atoms with van der Waals surface area (Å²) in [5.41, 5.74) is 1.71. The van der Waals surface area contributed by atoms with Crippen LogP contribution in [0.15, 0.2) is 12.1 Å². The van der Waals surface area contributed by atoms with Gasteiger partial charge in [-0.1, -0.05) is 12.8 Å². The molecule has 1 aromatic rings. The highest BCUT2D eigenvalue weighted by Gasteiger charge is 2.22. The lowest BCUT2D eigenvalue weighted by molar-refractivity contribution is 0.0759. The van der Waals surface area contributed by atoms with E-state index in [1.54, 1.807) is 0 Å². The van der Waals surface area contributed by atoms with E-state index in [-0.39, 0.29) is 5.91 Å². The third kappa shape index (κ3) is 2.60. The molecule has 0 spiro atoms. The molecule has 2 aliphatic rings. The first-order valence-electron chi connectivity index (χ1n) is 7.45. The van der Waals surface area contributed by atoms with Gasteiger partial charge in [0.15, 0.2) is 11.5 Å². The number of carbonyl (C=O) groups excluding carboxylic acids is 1. The Morgan fingerprint density at radius 1 is 1.00 bits per heavy atom. The largest absolute Gasteiger partial charge is 0.486 e. The van der Waals surface area contributed by atoms with Crippen LogP contribution in [-0.4, -0.2) is 37.1 Å². The molecule has 0 saturated carbocycles. The molecule has 0 radical (unpaired) electrons. The number of fused-ring (bicyclic) bond motifs is 1. The third-order valence-corrected chi connectivity index (χ3v) is 4.01. The predicted molar refractivity (Wildman–Crippen MR) is 76.5 cm³/mol. The number of hydrogen-bond donors (Lipinski definition) is 0. The summed E-state index contributed by atoms with van der Waals surface area (Å²) in [6, 6.07) is 3.76. The molecule has 0 bridgehead atoms. The average molecular weight is 275 g/mol. The van der Waals surface area contributed by atoms with Crippen LogP contribution in [0.2, 0.25) is 0 Å². The van der Waals surface area contributed by atoms with E-state index >= 15 is 0 Å². The van der Waals surface area contributed by atoms with E-state index in [9.17, 15) is 4.79 Å². The smallest absolute Gasteiger partial charge is 0.254 e. The highest BCUT2D eigenvalue weighted by atomic mass is 16.6. The van der Waals surface area contributed by atoms with Crippen LogP contribution in [-0.2, 0) is 0 Å². The number of likely N-dealkylation sites (tertiary alicyclic amines) is 1. The molecule has 0 unspecified atom stereocenters. The quantitative estimate of drug-likeness (QED) is 0.791. The van der Waals surface area contributed by atoms with Crippen molar-refractivity contribution in [1.82, 2.24) is 4.90 Å². The summed E-state index contributed by atoms with van der Waals surface area (Å²) in [5, 5.41) is 0. The van der Waals surface area contributed by atoms with Gasteiger partial charge in [0, 0.05) is 18.7 Å². The fraction of sp³-hybridized carbons (Fsp3) is 0.562. The van der Waals surface area contributed by atoms with Crippen molar-refractivity contribution in [3.8, 4) is 11.5 Å². The zero-order valence-corrected chi connectivity index (χ0v) is 12.0. The Bertz CT molecular complexity index is 505. The minimum absolute atomic E-state index is 0.126. The van der Waals surface area contributed by atoms with Crippen LogP contribution in [0.3, 0.4) is 0 Å². The second-order valence-electron chi connectivity index (χ2n) is 5.52. The fourth-order valence-corrected chi connectivity index (χ4v) is 2.86. The lowest BCUT2D eigenvalue weighted by Gasteiger charge is -2.24. The summed E-state index contributed by atoms with van der Waals surface area (Å²) in [5.74, 6) is 1.57. The van der Waals surface area contributed by atoms with Crippen molar-refractivity contribution in [3.05, 3.63) is 23.3 Å². The van der Waals surface area contributed by atoms with Crippen molar-refractivity contribution in [2.24, 2.45) is 0 Å². The SMILES string of the molecule is Cc1cc2c(cc1C(=O)N1CCCCCC1)OCCO2. The van der Waals surface area contributed by atoms with Gasteiger partial charge in [0.25, 0.3) is 5.91 Å². The Labute approximate surface area is 119 Å². The molecular weight excluding hydrogens is 254 g/mol. The highest BCUT2D eigenvalue weighted by molar-refractivity contribution is 5.96. The highest BCUT2D eigenvalue weighted by Crippen LogP contribution is 2.33. The summed E-state index contributed by atoms with van der Waals surface area (Å²) < 4.78 is 11.1. The number of aryl methyl sites for hydroxylation is 1. The molecule has 1 amide bonds. The zero-order chi connectivity index (χ0) is 13.9. The molecule has 0 atom stereocenters. The summed E-state index contributed by atoms with van der Waals surface area (Å²) in [6.07, 6.45) is 4.67. The van der Waals surface area contributed by atoms with Crippen molar-refractivity contribution < 1.29 is 14.3 Å². The molecule has 0 aliphatic carbocycles. The molecule has 0 N–H and O–H groups in total. The maximum Gasteiger partial charge on any atom is 0.254 e. The zero-order valence-electron chi connectivity index (χ0n) is 12.0. The minimum atomic E-state index is 0.126. The normalized spacial score (nSPS) is 18.6. The number of ether oxygens (including phenoxy) is 2. The number of rotatable bonds is 1. The average Bonchev–Trinajstić information content (AvgIpc) is 2.75. The van der Waals surface area contributed by atoms with Gasteiger partial charge < -0.3 is 14.4 Å². The van der Waals surface area contributed by atoms with Gasteiger partial charge in [-0.05, 0) is 37.5 Å². The maximum absolute atomic E-state index is 12.7. The molecule has 2 heterocycles. The van der Waals surface area contributed by atoms with E-state index < -0.39 is 0 Å². The van der Waals surface area contributed by atoms with Gasteiger partial charge >= 0.3 is 0 Å². The van der Waals surface area contributed by atoms with Gasteiger partial charge in [-0.2, -0.15) is 0 Å². The van der Waals surface area contributed by atoms with Crippen molar-refractivity contribution in [1.29, 1.82) is 0 Å². The summed E-state index contributed by atoms with van der Waals surface area (Å²) >= 11 is 0. The van der Waals surface area contributed by atoms with Crippen LogP contribution in [0.25, 0.3) is 0 Å². The molecule has 4 nitrogen and oxygen atoms in total. The second kappa shape index (κ2) is 5.73. The summed E-state index contributed by atoms with van der Waals surface area (Å²) in [6.45, 7) is 4.82. The number of amides is 1. The van der Waals surface area contributed by atoms with E-state index in [0.717, 1.165) is 42.8 Å². The van der Waals surface area contributed by atoms with Crippen LogP contribution < -0.4 is 9.47 Å². The first-order valence-corrected chi connectivity index (χ1v) is 7.45. The first-order chi connectivity index (χ1) is 9.75. The van der Waals surface area contributed by atoms with E-state index in [2.05, 4.69) is 0 Å². The Balaban J connectivity index is 1.86. The molecule has 108 valence electrons. The van der Waals surface area contributed by atoms with Crippen molar-refractivity contribution in [2.45, 2.75) is 32.6 Å². The lowest BCUT2D eigenvalue weighted by atomic mass is 10.1. The van der Waals surface area contributed by atoms with E-state index in [4.69, 9.17) is 9.47 Å². The summed E-state index contributed by atoms with van der Waals surface area (Å²) in [7, 11) is 0. The Morgan fingerprint density at radius 2 is 1.60 bits per heavy atom. The standard InChI is InChI=1S/C16H21NO3/c1-12-10-14-15(20-9-8-19-14)11-13(12)16(18)17-6-4-2-3-5-7-17/h10-11H,2-9H2,1H3. The maximum atomic E-state index is 12.7. The number of hydrogen-bond acceptors (Lipinski definition) is 3. The molecule has 1 aromatic carbocycles. The van der Waals surface area contributed by atoms with Gasteiger partial charge in [-0.25, -0.2) is 0 Å². The van der Waals surface area contributed by atoms with Gasteiger partial charge in [-0.15, -0.1) is 0 Å². The second-order valence-corrected chi connectivity index (χ2v) is 5.52. The van der Waals surface area contributed by atoms with Crippen molar-refractivity contribution in [3.63, 3.8) is 0 Å². The molecule has 4 heteroatoms.